The van der Waals surface area contributed by atoms with Crippen LogP contribution in [0.5, 0.6) is 0 Å². The largest absolute Gasteiger partial charge is 0.354 e. The molecule has 6 heteroatoms. The number of hydrogen-bond acceptors (Lipinski definition) is 6. The van der Waals surface area contributed by atoms with Crippen molar-refractivity contribution in [2.75, 3.05) is 23.4 Å². The molecule has 0 saturated heterocycles. The van der Waals surface area contributed by atoms with Crippen LogP contribution in [-0.4, -0.2) is 33.8 Å². The van der Waals surface area contributed by atoms with Crippen LogP contribution in [0.15, 0.2) is 5.16 Å². The zero-order valence-corrected chi connectivity index (χ0v) is 11.9. The summed E-state index contributed by atoms with van der Waals surface area (Å²) in [7, 11) is 0. The average Bonchev–Trinajstić information content (AvgIpc) is 2.28. The number of nitrogens with zero attached hydrogens (tertiary/aromatic N) is 3. The molecule has 0 saturated carbocycles. The predicted molar refractivity (Wildman–Crippen MR) is 73.7 cm³/mol. The molecule has 17 heavy (non-hydrogen) atoms. The van der Waals surface area contributed by atoms with E-state index >= 15 is 0 Å². The molecular formula is C11H21N5S. The topological polar surface area (TPSA) is 62.7 Å². The van der Waals surface area contributed by atoms with Gasteiger partial charge < -0.3 is 10.6 Å². The van der Waals surface area contributed by atoms with Gasteiger partial charge in [0.05, 0.1) is 0 Å². The number of thioether (sulfide) groups is 1. The van der Waals surface area contributed by atoms with Gasteiger partial charge in [-0.2, -0.15) is 15.0 Å². The van der Waals surface area contributed by atoms with Crippen LogP contribution in [0.1, 0.15) is 27.7 Å². The second-order valence-electron chi connectivity index (χ2n) is 4.18. The number of rotatable bonds is 6. The highest BCUT2D eigenvalue weighted by atomic mass is 32.2. The molecule has 0 aliphatic rings. The molecule has 96 valence electrons. The average molecular weight is 255 g/mol. The third-order valence-electron chi connectivity index (χ3n) is 2.49. The first-order valence-electron chi connectivity index (χ1n) is 5.87. The molecule has 2 N–H and O–H groups in total. The van der Waals surface area contributed by atoms with Crippen LogP contribution in [0.2, 0.25) is 0 Å². The SMILES string of the molecule is CCNc1nc(N[C@H](C)C(C)C)nc(SC)n1. The van der Waals surface area contributed by atoms with E-state index in [-0.39, 0.29) is 0 Å². The summed E-state index contributed by atoms with van der Waals surface area (Å²) in [6.07, 6.45) is 1.96. The Morgan fingerprint density at radius 1 is 1.12 bits per heavy atom. The Balaban J connectivity index is 2.86. The van der Waals surface area contributed by atoms with Crippen molar-refractivity contribution >= 4 is 23.7 Å². The monoisotopic (exact) mass is 255 g/mol. The Bertz CT molecular complexity index is 356. The van der Waals surface area contributed by atoms with E-state index in [4.69, 9.17) is 0 Å². The van der Waals surface area contributed by atoms with Crippen LogP contribution in [0.25, 0.3) is 0 Å². The van der Waals surface area contributed by atoms with Crippen molar-refractivity contribution in [2.24, 2.45) is 5.92 Å². The zero-order valence-electron chi connectivity index (χ0n) is 11.1. The molecule has 0 fully saturated rings. The van der Waals surface area contributed by atoms with Crippen molar-refractivity contribution in [1.29, 1.82) is 0 Å². The van der Waals surface area contributed by atoms with E-state index in [0.29, 0.717) is 23.9 Å². The third-order valence-corrected chi connectivity index (χ3v) is 3.04. The minimum absolute atomic E-state index is 0.335. The van der Waals surface area contributed by atoms with E-state index in [9.17, 15) is 0 Å². The maximum absolute atomic E-state index is 4.35. The first kappa shape index (κ1) is 14.0. The lowest BCUT2D eigenvalue weighted by atomic mass is 10.1. The number of nitrogens with one attached hydrogen (secondary N) is 2. The van der Waals surface area contributed by atoms with E-state index in [1.807, 2.05) is 13.2 Å². The van der Waals surface area contributed by atoms with Crippen LogP contribution in [0.3, 0.4) is 0 Å². The maximum Gasteiger partial charge on any atom is 0.228 e. The predicted octanol–water partition coefficient (Wildman–Crippen LogP) is 2.48. The van der Waals surface area contributed by atoms with E-state index in [1.54, 1.807) is 0 Å². The molecule has 1 aromatic heterocycles. The number of hydrogen-bond donors (Lipinski definition) is 2. The van der Waals surface area contributed by atoms with Gasteiger partial charge in [0.1, 0.15) is 0 Å². The summed E-state index contributed by atoms with van der Waals surface area (Å²) in [5.41, 5.74) is 0. The summed E-state index contributed by atoms with van der Waals surface area (Å²) in [5.74, 6) is 1.80. The molecule has 0 aliphatic carbocycles. The van der Waals surface area contributed by atoms with Crippen LogP contribution in [0, 0.1) is 5.92 Å². The van der Waals surface area contributed by atoms with Crippen LogP contribution >= 0.6 is 11.8 Å². The van der Waals surface area contributed by atoms with Gasteiger partial charge in [-0.25, -0.2) is 0 Å². The second kappa shape index (κ2) is 6.64. The number of anilines is 2. The Labute approximate surface area is 107 Å². The molecule has 1 atom stereocenters. The fourth-order valence-electron chi connectivity index (χ4n) is 1.12. The molecule has 5 nitrogen and oxygen atoms in total. The highest BCUT2D eigenvalue weighted by Crippen LogP contribution is 2.15. The molecule has 0 amide bonds. The molecule has 1 rings (SSSR count). The van der Waals surface area contributed by atoms with Crippen molar-refractivity contribution in [1.82, 2.24) is 15.0 Å². The lowest BCUT2D eigenvalue weighted by Crippen LogP contribution is -2.23. The van der Waals surface area contributed by atoms with E-state index < -0.39 is 0 Å². The van der Waals surface area contributed by atoms with E-state index in [2.05, 4.69) is 46.4 Å². The van der Waals surface area contributed by atoms with E-state index in [0.717, 1.165) is 11.7 Å². The first-order chi connectivity index (χ1) is 8.06. The van der Waals surface area contributed by atoms with Gasteiger partial charge >= 0.3 is 0 Å². The fourth-order valence-corrected chi connectivity index (χ4v) is 1.48. The molecule has 1 heterocycles. The van der Waals surface area contributed by atoms with Gasteiger partial charge in [0.25, 0.3) is 0 Å². The van der Waals surface area contributed by atoms with Gasteiger partial charge in [0.15, 0.2) is 5.16 Å². The minimum atomic E-state index is 0.335. The van der Waals surface area contributed by atoms with Gasteiger partial charge in [-0.15, -0.1) is 0 Å². The summed E-state index contributed by atoms with van der Waals surface area (Å²) in [4.78, 5) is 13.0. The van der Waals surface area contributed by atoms with Gasteiger partial charge in [0, 0.05) is 12.6 Å². The quantitative estimate of drug-likeness (QED) is 0.761. The maximum atomic E-state index is 4.35. The first-order valence-corrected chi connectivity index (χ1v) is 7.09. The van der Waals surface area contributed by atoms with E-state index in [1.165, 1.54) is 11.8 Å². The van der Waals surface area contributed by atoms with Gasteiger partial charge in [-0.05, 0) is 26.0 Å². The molecule has 0 radical (unpaired) electrons. The van der Waals surface area contributed by atoms with Crippen LogP contribution in [-0.2, 0) is 0 Å². The van der Waals surface area contributed by atoms with Gasteiger partial charge in [-0.3, -0.25) is 0 Å². The third kappa shape index (κ3) is 4.38. The zero-order chi connectivity index (χ0) is 12.8. The lowest BCUT2D eigenvalue weighted by Gasteiger charge is -2.17. The van der Waals surface area contributed by atoms with Crippen LogP contribution < -0.4 is 10.6 Å². The highest BCUT2D eigenvalue weighted by molar-refractivity contribution is 7.98. The van der Waals surface area contributed by atoms with Crippen molar-refractivity contribution in [3.63, 3.8) is 0 Å². The summed E-state index contributed by atoms with van der Waals surface area (Å²) in [6.45, 7) is 9.28. The smallest absolute Gasteiger partial charge is 0.228 e. The van der Waals surface area contributed by atoms with Gasteiger partial charge in [0.2, 0.25) is 11.9 Å². The Hall–Kier alpha value is -1.04. The fraction of sp³-hybridized carbons (Fsp3) is 0.727. The Morgan fingerprint density at radius 3 is 2.29 bits per heavy atom. The van der Waals surface area contributed by atoms with Crippen molar-refractivity contribution in [2.45, 2.75) is 38.9 Å². The molecular weight excluding hydrogens is 234 g/mol. The Kier molecular flexibility index (Phi) is 5.47. The summed E-state index contributed by atoms with van der Waals surface area (Å²) >= 11 is 1.52. The summed E-state index contributed by atoms with van der Waals surface area (Å²) in [5, 5.41) is 7.14. The summed E-state index contributed by atoms with van der Waals surface area (Å²) in [6, 6.07) is 0.335. The Morgan fingerprint density at radius 2 is 1.76 bits per heavy atom. The molecule has 0 spiro atoms. The molecule has 0 aliphatic heterocycles. The lowest BCUT2D eigenvalue weighted by molar-refractivity contribution is 0.555. The standard InChI is InChI=1S/C11H21N5S/c1-6-12-9-14-10(13-8(4)7(2)3)16-11(15-9)17-5/h7-8H,6H2,1-5H3,(H2,12,13,14,15,16)/t8-/m1/s1. The normalized spacial score (nSPS) is 12.6. The summed E-state index contributed by atoms with van der Waals surface area (Å²) < 4.78 is 0. The van der Waals surface area contributed by atoms with Crippen LogP contribution in [0.4, 0.5) is 11.9 Å². The van der Waals surface area contributed by atoms with Crippen molar-refractivity contribution < 1.29 is 0 Å². The molecule has 0 aromatic carbocycles. The molecule has 0 unspecified atom stereocenters. The number of aromatic nitrogens is 3. The van der Waals surface area contributed by atoms with Crippen molar-refractivity contribution in [3.8, 4) is 0 Å². The van der Waals surface area contributed by atoms with Gasteiger partial charge in [-0.1, -0.05) is 25.6 Å². The molecule has 1 aromatic rings. The minimum Gasteiger partial charge on any atom is -0.354 e. The highest BCUT2D eigenvalue weighted by Gasteiger charge is 2.10. The van der Waals surface area contributed by atoms with Crippen molar-refractivity contribution in [3.05, 3.63) is 0 Å². The second-order valence-corrected chi connectivity index (χ2v) is 4.95. The molecule has 0 bridgehead atoms.